The van der Waals surface area contributed by atoms with E-state index in [0.29, 0.717) is 26.2 Å². The predicted octanol–water partition coefficient (Wildman–Crippen LogP) is 0.275. The molecular formula is C13H24N2O4S. The summed E-state index contributed by atoms with van der Waals surface area (Å²) in [5.74, 6) is 0.839. The Morgan fingerprint density at radius 2 is 1.50 bits per heavy atom. The number of carbonyl (C=O) groups is 2. The molecule has 0 spiro atoms. The van der Waals surface area contributed by atoms with Crippen LogP contribution < -0.4 is 0 Å². The van der Waals surface area contributed by atoms with E-state index in [-0.39, 0.29) is 17.7 Å². The van der Waals surface area contributed by atoms with Crippen LogP contribution in [0.2, 0.25) is 0 Å². The van der Waals surface area contributed by atoms with Gasteiger partial charge in [-0.1, -0.05) is 6.92 Å². The quantitative estimate of drug-likeness (QED) is 0.660. The first-order chi connectivity index (χ1) is 9.54. The van der Waals surface area contributed by atoms with Crippen LogP contribution in [0.15, 0.2) is 0 Å². The van der Waals surface area contributed by atoms with E-state index in [4.69, 9.17) is 9.47 Å². The molecule has 1 atom stereocenters. The molecule has 0 bridgehead atoms. The minimum absolute atomic E-state index is 0.0259. The molecule has 1 aliphatic rings. The lowest BCUT2D eigenvalue weighted by Crippen LogP contribution is -2.54. The van der Waals surface area contributed by atoms with Crippen LogP contribution in [0.4, 0.5) is 0 Å². The summed E-state index contributed by atoms with van der Waals surface area (Å²) >= 11 is 1.67. The molecule has 0 aromatic heterocycles. The Labute approximate surface area is 124 Å². The fraction of sp³-hybridized carbons (Fsp3) is 0.846. The Balaban J connectivity index is 2.47. The maximum atomic E-state index is 12.2. The average Bonchev–Trinajstić information content (AvgIpc) is 2.48. The van der Waals surface area contributed by atoms with E-state index >= 15 is 0 Å². The van der Waals surface area contributed by atoms with Crippen LogP contribution in [-0.2, 0) is 19.1 Å². The molecule has 0 aliphatic carbocycles. The Morgan fingerprint density at radius 3 is 1.90 bits per heavy atom. The summed E-state index contributed by atoms with van der Waals surface area (Å²) in [4.78, 5) is 27.7. The number of ether oxygens (including phenoxy) is 2. The second kappa shape index (κ2) is 8.49. The lowest BCUT2D eigenvalue weighted by atomic mass is 10.1. The van der Waals surface area contributed by atoms with Crippen molar-refractivity contribution in [1.29, 1.82) is 0 Å². The van der Waals surface area contributed by atoms with Crippen molar-refractivity contribution in [3.8, 4) is 0 Å². The molecule has 0 aromatic carbocycles. The van der Waals surface area contributed by atoms with Crippen molar-refractivity contribution in [1.82, 2.24) is 9.80 Å². The standard InChI is InChI=1S/C13H24N2O4S/c1-10(9-20-4)11(16)14-5-7-15(8-6-14)12(17)13(18-2)19-3/h10,13H,5-9H2,1-4H3. The van der Waals surface area contributed by atoms with E-state index in [2.05, 4.69) is 0 Å². The third-order valence-electron chi connectivity index (χ3n) is 3.37. The van der Waals surface area contributed by atoms with Crippen LogP contribution in [0.3, 0.4) is 0 Å². The lowest BCUT2D eigenvalue weighted by Gasteiger charge is -2.36. The molecule has 2 amide bonds. The fourth-order valence-electron chi connectivity index (χ4n) is 2.23. The van der Waals surface area contributed by atoms with Crippen LogP contribution in [-0.4, -0.2) is 80.3 Å². The Kier molecular flexibility index (Phi) is 7.32. The van der Waals surface area contributed by atoms with Gasteiger partial charge >= 0.3 is 0 Å². The maximum absolute atomic E-state index is 12.2. The van der Waals surface area contributed by atoms with Gasteiger partial charge in [0.25, 0.3) is 5.91 Å². The van der Waals surface area contributed by atoms with Crippen LogP contribution >= 0.6 is 11.8 Å². The normalized spacial score (nSPS) is 17.4. The van der Waals surface area contributed by atoms with Gasteiger partial charge in [-0.25, -0.2) is 0 Å². The molecule has 1 rings (SSSR count). The second-order valence-electron chi connectivity index (χ2n) is 4.81. The summed E-state index contributed by atoms with van der Waals surface area (Å²) in [6, 6.07) is 0. The number of thioether (sulfide) groups is 1. The van der Waals surface area contributed by atoms with Gasteiger partial charge in [0.2, 0.25) is 12.2 Å². The van der Waals surface area contributed by atoms with Crippen molar-refractivity contribution in [3.63, 3.8) is 0 Å². The van der Waals surface area contributed by atoms with Crippen LogP contribution in [0.5, 0.6) is 0 Å². The van der Waals surface area contributed by atoms with E-state index in [1.807, 2.05) is 18.1 Å². The van der Waals surface area contributed by atoms with Gasteiger partial charge in [0.05, 0.1) is 0 Å². The third kappa shape index (κ3) is 4.36. The van der Waals surface area contributed by atoms with Gasteiger partial charge in [-0.05, 0) is 6.26 Å². The van der Waals surface area contributed by atoms with Gasteiger partial charge in [-0.3, -0.25) is 9.59 Å². The number of methoxy groups -OCH3 is 2. The summed E-state index contributed by atoms with van der Waals surface area (Å²) in [7, 11) is 2.88. The number of piperazine rings is 1. The van der Waals surface area contributed by atoms with Gasteiger partial charge in [-0.15, -0.1) is 0 Å². The Hall–Kier alpha value is -0.790. The second-order valence-corrected chi connectivity index (χ2v) is 5.72. The minimum atomic E-state index is -0.854. The molecule has 6 nitrogen and oxygen atoms in total. The van der Waals surface area contributed by atoms with Gasteiger partial charge in [-0.2, -0.15) is 11.8 Å². The molecule has 20 heavy (non-hydrogen) atoms. The smallest absolute Gasteiger partial charge is 0.279 e. The highest BCUT2D eigenvalue weighted by atomic mass is 32.2. The molecule has 0 aromatic rings. The summed E-state index contributed by atoms with van der Waals surface area (Å²) in [6.07, 6.45) is 1.14. The van der Waals surface area contributed by atoms with E-state index in [0.717, 1.165) is 5.75 Å². The molecule has 1 aliphatic heterocycles. The summed E-state index contributed by atoms with van der Waals surface area (Å²) in [6.45, 7) is 4.15. The molecule has 7 heteroatoms. The highest BCUT2D eigenvalue weighted by Gasteiger charge is 2.30. The average molecular weight is 304 g/mol. The molecule has 116 valence electrons. The minimum Gasteiger partial charge on any atom is -0.348 e. The lowest BCUT2D eigenvalue weighted by molar-refractivity contribution is -0.172. The number of hydrogen-bond donors (Lipinski definition) is 0. The number of carbonyl (C=O) groups excluding carboxylic acids is 2. The molecule has 1 heterocycles. The molecule has 1 fully saturated rings. The highest BCUT2D eigenvalue weighted by molar-refractivity contribution is 7.98. The first-order valence-corrected chi connectivity index (χ1v) is 8.06. The molecule has 1 unspecified atom stereocenters. The van der Waals surface area contributed by atoms with Gasteiger partial charge in [0.15, 0.2) is 0 Å². The zero-order valence-corrected chi connectivity index (χ0v) is 13.4. The van der Waals surface area contributed by atoms with E-state index in [9.17, 15) is 9.59 Å². The number of hydrogen-bond acceptors (Lipinski definition) is 5. The zero-order valence-electron chi connectivity index (χ0n) is 12.6. The Morgan fingerprint density at radius 1 is 1.05 bits per heavy atom. The zero-order chi connectivity index (χ0) is 15.1. The fourth-order valence-corrected chi connectivity index (χ4v) is 2.87. The summed E-state index contributed by atoms with van der Waals surface area (Å²) in [5, 5.41) is 0. The Bertz CT molecular complexity index is 328. The van der Waals surface area contributed by atoms with Crippen LogP contribution in [0, 0.1) is 5.92 Å². The third-order valence-corrected chi connectivity index (χ3v) is 4.20. The predicted molar refractivity (Wildman–Crippen MR) is 78.5 cm³/mol. The molecule has 0 N–H and O–H groups in total. The van der Waals surface area contributed by atoms with Crippen molar-refractivity contribution in [3.05, 3.63) is 0 Å². The van der Waals surface area contributed by atoms with Gasteiger partial charge in [0.1, 0.15) is 0 Å². The van der Waals surface area contributed by atoms with Crippen molar-refractivity contribution >= 4 is 23.6 Å². The monoisotopic (exact) mass is 304 g/mol. The number of amides is 2. The van der Waals surface area contributed by atoms with Crippen molar-refractivity contribution in [2.24, 2.45) is 5.92 Å². The molecular weight excluding hydrogens is 280 g/mol. The van der Waals surface area contributed by atoms with Crippen molar-refractivity contribution in [2.75, 3.05) is 52.4 Å². The van der Waals surface area contributed by atoms with Gasteiger partial charge < -0.3 is 19.3 Å². The maximum Gasteiger partial charge on any atom is 0.279 e. The van der Waals surface area contributed by atoms with Crippen molar-refractivity contribution in [2.45, 2.75) is 13.2 Å². The molecule has 0 radical (unpaired) electrons. The summed E-state index contributed by atoms with van der Waals surface area (Å²) < 4.78 is 9.92. The van der Waals surface area contributed by atoms with Crippen molar-refractivity contribution < 1.29 is 19.1 Å². The van der Waals surface area contributed by atoms with E-state index < -0.39 is 6.29 Å². The molecule has 1 saturated heterocycles. The summed E-state index contributed by atoms with van der Waals surface area (Å²) in [5.41, 5.74) is 0. The highest BCUT2D eigenvalue weighted by Crippen LogP contribution is 2.12. The number of nitrogens with zero attached hydrogens (tertiary/aromatic N) is 2. The van der Waals surface area contributed by atoms with E-state index in [1.54, 1.807) is 16.7 Å². The van der Waals surface area contributed by atoms with Gasteiger partial charge in [0, 0.05) is 52.1 Å². The van der Waals surface area contributed by atoms with Crippen LogP contribution in [0.1, 0.15) is 6.92 Å². The SMILES string of the molecule is COC(OC)C(=O)N1CCN(C(=O)C(C)CSC)CC1. The number of rotatable bonds is 6. The topological polar surface area (TPSA) is 59.1 Å². The first kappa shape index (κ1) is 17.3. The van der Waals surface area contributed by atoms with Crippen LogP contribution in [0.25, 0.3) is 0 Å². The first-order valence-electron chi connectivity index (χ1n) is 6.67. The van der Waals surface area contributed by atoms with E-state index in [1.165, 1.54) is 14.2 Å². The largest absolute Gasteiger partial charge is 0.348 e. The molecule has 0 saturated carbocycles.